The smallest absolute Gasteiger partial charge is 0.152 e. The third-order valence-corrected chi connectivity index (χ3v) is 5.34. The van der Waals surface area contributed by atoms with Gasteiger partial charge in [0.2, 0.25) is 0 Å². The maximum absolute atomic E-state index is 11.5. The molecule has 0 spiro atoms. The Hall–Kier alpha value is -1.85. The molecule has 4 heteroatoms. The molecule has 1 aliphatic rings. The molecule has 1 unspecified atom stereocenters. The second-order valence-corrected chi connectivity index (χ2v) is 7.27. The number of hydrogen-bond acceptors (Lipinski definition) is 3. The van der Waals surface area contributed by atoms with Crippen molar-refractivity contribution in [2.75, 3.05) is 12.8 Å². The van der Waals surface area contributed by atoms with Crippen LogP contribution in [0.4, 0.5) is 0 Å². The summed E-state index contributed by atoms with van der Waals surface area (Å²) in [6, 6.07) is 16.2. The molecule has 0 saturated carbocycles. The van der Waals surface area contributed by atoms with Gasteiger partial charge in [-0.25, -0.2) is 5.48 Å². The Labute approximate surface area is 145 Å². The van der Waals surface area contributed by atoms with Gasteiger partial charge in [-0.2, -0.15) is 0 Å². The van der Waals surface area contributed by atoms with Crippen LogP contribution in [0, 0.1) is 0 Å². The van der Waals surface area contributed by atoms with E-state index < -0.39 is 11.2 Å². The van der Waals surface area contributed by atoms with Crippen LogP contribution in [-0.4, -0.2) is 22.6 Å². The van der Waals surface area contributed by atoms with E-state index in [0.29, 0.717) is 6.54 Å². The summed E-state index contributed by atoms with van der Waals surface area (Å²) < 4.78 is 11.5. The second kappa shape index (κ2) is 7.36. The van der Waals surface area contributed by atoms with Gasteiger partial charge in [0.05, 0.1) is 0 Å². The quantitative estimate of drug-likeness (QED) is 0.636. The zero-order valence-electron chi connectivity index (χ0n) is 13.9. The average Bonchev–Trinajstić information content (AvgIpc) is 2.86. The molecule has 0 radical (unpaired) electrons. The molecule has 1 aliphatic carbocycles. The van der Waals surface area contributed by atoms with Gasteiger partial charge in [-0.3, -0.25) is 0 Å². The van der Waals surface area contributed by atoms with Gasteiger partial charge in [0.25, 0.3) is 0 Å². The van der Waals surface area contributed by atoms with Crippen molar-refractivity contribution in [1.29, 1.82) is 0 Å². The first-order chi connectivity index (χ1) is 11.6. The standard InChI is InChI=1S/C20H21NO2S/c1-14-17-5-3-4-6-19(17)20(18(14)11-12-21-22)13-15-7-9-16(10-8-15)24(2)23/h3-10,13,21-22H,11-12H2,1-2H3. The van der Waals surface area contributed by atoms with E-state index in [0.717, 1.165) is 16.9 Å². The van der Waals surface area contributed by atoms with Crippen LogP contribution < -0.4 is 5.48 Å². The van der Waals surface area contributed by atoms with E-state index in [2.05, 4.69) is 42.7 Å². The molecule has 3 nitrogen and oxygen atoms in total. The number of allylic oxidation sites excluding steroid dienone is 2. The molecular weight excluding hydrogens is 318 g/mol. The fourth-order valence-corrected chi connectivity index (χ4v) is 3.68. The van der Waals surface area contributed by atoms with Crippen molar-refractivity contribution in [3.63, 3.8) is 0 Å². The lowest BCUT2D eigenvalue weighted by molar-refractivity contribution is 0.168. The number of benzene rings is 2. The summed E-state index contributed by atoms with van der Waals surface area (Å²) in [5.74, 6) is 0. The summed E-state index contributed by atoms with van der Waals surface area (Å²) in [6.07, 6.45) is 4.62. The van der Waals surface area contributed by atoms with E-state index in [4.69, 9.17) is 5.21 Å². The Morgan fingerprint density at radius 2 is 1.75 bits per heavy atom. The molecule has 0 aliphatic heterocycles. The number of fused-ring (bicyclic) bond motifs is 1. The van der Waals surface area contributed by atoms with Crippen LogP contribution in [0.15, 0.2) is 59.0 Å². The highest BCUT2D eigenvalue weighted by atomic mass is 32.2. The van der Waals surface area contributed by atoms with Gasteiger partial charge in [0.15, 0.2) is 4.90 Å². The van der Waals surface area contributed by atoms with E-state index in [-0.39, 0.29) is 0 Å². The number of hydrogen-bond donors (Lipinski definition) is 2. The third-order valence-electron chi connectivity index (χ3n) is 4.41. The Balaban J connectivity index is 2.02. The molecule has 124 valence electrons. The van der Waals surface area contributed by atoms with Gasteiger partial charge in [0, 0.05) is 6.54 Å². The molecule has 24 heavy (non-hydrogen) atoms. The lowest BCUT2D eigenvalue weighted by Gasteiger charge is -2.09. The maximum Gasteiger partial charge on any atom is 0.152 e. The summed E-state index contributed by atoms with van der Waals surface area (Å²) >= 11 is -0.960. The Kier molecular flexibility index (Phi) is 5.21. The fraction of sp³-hybridized carbons (Fsp3) is 0.200. The largest absolute Gasteiger partial charge is 0.612 e. The van der Waals surface area contributed by atoms with Crippen molar-refractivity contribution in [3.05, 3.63) is 70.8 Å². The summed E-state index contributed by atoms with van der Waals surface area (Å²) in [4.78, 5) is 0.834. The number of rotatable bonds is 5. The van der Waals surface area contributed by atoms with Gasteiger partial charge in [-0.05, 0) is 88.3 Å². The molecule has 0 bridgehead atoms. The molecule has 0 fully saturated rings. The molecule has 0 saturated heterocycles. The maximum atomic E-state index is 11.5. The summed E-state index contributed by atoms with van der Waals surface area (Å²) in [7, 11) is 0. The highest BCUT2D eigenvalue weighted by Gasteiger charge is 2.22. The van der Waals surface area contributed by atoms with Crippen LogP contribution in [0.3, 0.4) is 0 Å². The van der Waals surface area contributed by atoms with Crippen molar-refractivity contribution < 1.29 is 9.76 Å². The van der Waals surface area contributed by atoms with Gasteiger partial charge < -0.3 is 9.76 Å². The van der Waals surface area contributed by atoms with E-state index in [9.17, 15) is 4.55 Å². The van der Waals surface area contributed by atoms with Crippen molar-refractivity contribution in [2.45, 2.75) is 18.2 Å². The lowest BCUT2D eigenvalue weighted by Crippen LogP contribution is -2.09. The number of hydroxylamine groups is 1. The molecule has 1 atom stereocenters. The molecular formula is C20H21NO2S. The summed E-state index contributed by atoms with van der Waals surface area (Å²) in [5, 5.41) is 8.97. The monoisotopic (exact) mass is 339 g/mol. The van der Waals surface area contributed by atoms with Gasteiger partial charge >= 0.3 is 0 Å². The Bertz CT molecular complexity index is 792. The predicted octanol–water partition coefficient (Wildman–Crippen LogP) is 4.12. The van der Waals surface area contributed by atoms with Crippen molar-refractivity contribution in [2.24, 2.45) is 0 Å². The highest BCUT2D eigenvalue weighted by molar-refractivity contribution is 7.90. The average molecular weight is 339 g/mol. The van der Waals surface area contributed by atoms with Crippen molar-refractivity contribution in [3.8, 4) is 0 Å². The SMILES string of the molecule is CC1=C(CCNO)C(=Cc2ccc([S+](C)[O-])cc2)c2ccccc21. The zero-order chi connectivity index (χ0) is 17.1. The van der Waals surface area contributed by atoms with E-state index in [1.807, 2.05) is 24.3 Å². The first kappa shape index (κ1) is 17.0. The molecule has 2 aromatic carbocycles. The van der Waals surface area contributed by atoms with Crippen LogP contribution >= 0.6 is 0 Å². The topological polar surface area (TPSA) is 55.3 Å². The van der Waals surface area contributed by atoms with Gasteiger partial charge in [-0.1, -0.05) is 24.3 Å². The number of nitrogens with one attached hydrogen (secondary N) is 1. The molecule has 3 rings (SSSR count). The van der Waals surface area contributed by atoms with Crippen LogP contribution in [0.2, 0.25) is 0 Å². The Morgan fingerprint density at radius 3 is 2.38 bits per heavy atom. The Morgan fingerprint density at radius 1 is 1.08 bits per heavy atom. The van der Waals surface area contributed by atoms with Crippen LogP contribution in [0.25, 0.3) is 17.2 Å². The third kappa shape index (κ3) is 3.32. The first-order valence-electron chi connectivity index (χ1n) is 7.94. The van der Waals surface area contributed by atoms with Crippen LogP contribution in [0.5, 0.6) is 0 Å². The molecule has 0 amide bonds. The van der Waals surface area contributed by atoms with Gasteiger partial charge in [-0.15, -0.1) is 0 Å². The van der Waals surface area contributed by atoms with Crippen molar-refractivity contribution >= 4 is 28.4 Å². The second-order valence-electron chi connectivity index (χ2n) is 5.89. The summed E-state index contributed by atoms with van der Waals surface area (Å²) in [6.45, 7) is 2.65. The minimum Gasteiger partial charge on any atom is -0.612 e. The molecule has 0 heterocycles. The lowest BCUT2D eigenvalue weighted by atomic mass is 9.98. The predicted molar refractivity (Wildman–Crippen MR) is 100 cm³/mol. The minimum absolute atomic E-state index is 0.520. The first-order valence-corrected chi connectivity index (χ1v) is 9.49. The molecule has 2 aromatic rings. The summed E-state index contributed by atoms with van der Waals surface area (Å²) in [5.41, 5.74) is 9.52. The van der Waals surface area contributed by atoms with E-state index in [1.165, 1.54) is 27.8 Å². The normalized spacial score (nSPS) is 16.6. The van der Waals surface area contributed by atoms with Crippen molar-refractivity contribution in [1.82, 2.24) is 5.48 Å². The van der Waals surface area contributed by atoms with Gasteiger partial charge in [0.1, 0.15) is 6.26 Å². The fourth-order valence-electron chi connectivity index (χ4n) is 3.16. The zero-order valence-corrected chi connectivity index (χ0v) is 14.7. The van der Waals surface area contributed by atoms with Crippen LogP contribution in [0.1, 0.15) is 30.0 Å². The minimum atomic E-state index is -0.960. The highest BCUT2D eigenvalue weighted by Crippen LogP contribution is 2.43. The van der Waals surface area contributed by atoms with E-state index in [1.54, 1.807) is 6.26 Å². The molecule has 0 aromatic heterocycles. The molecule has 2 N–H and O–H groups in total. The van der Waals surface area contributed by atoms with E-state index >= 15 is 0 Å². The van der Waals surface area contributed by atoms with Crippen LogP contribution in [-0.2, 0) is 11.2 Å².